The Morgan fingerprint density at radius 3 is 2.72 bits per heavy atom. The van der Waals surface area contributed by atoms with Gasteiger partial charge in [0.15, 0.2) is 0 Å². The molecule has 1 N–H and O–H groups in total. The van der Waals surface area contributed by atoms with Crippen LogP contribution in [0.5, 0.6) is 0 Å². The van der Waals surface area contributed by atoms with Gasteiger partial charge >= 0.3 is 0 Å². The lowest BCUT2D eigenvalue weighted by molar-refractivity contribution is -0.117. The first-order chi connectivity index (χ1) is 12.2. The Morgan fingerprint density at radius 1 is 1.08 bits per heavy atom. The summed E-state index contributed by atoms with van der Waals surface area (Å²) >= 11 is 0. The van der Waals surface area contributed by atoms with Gasteiger partial charge in [0.2, 0.25) is 11.9 Å². The van der Waals surface area contributed by atoms with Crippen LogP contribution in [0.1, 0.15) is 42.5 Å². The Kier molecular flexibility index (Phi) is 2.54. The third kappa shape index (κ3) is 1.81. The normalized spacial score (nSPS) is 21.8. The summed E-state index contributed by atoms with van der Waals surface area (Å²) in [5.74, 6) is 1.06. The molecule has 2 aliphatic carbocycles. The minimum Gasteiger partial charge on any atom is -0.341 e. The molecule has 1 spiro atoms. The van der Waals surface area contributed by atoms with Crippen molar-refractivity contribution in [3.05, 3.63) is 35.0 Å². The standard InChI is InChI=1S/C20H20N4O/c25-18-20(7-8-20)14-11-12(5-6-16(14)21-18)17-13-3-1-4-15(13)22-19(23-17)24-9-2-10-24/h5-6,11H,1-4,7-10H2,(H,21,25). The second-order valence-corrected chi connectivity index (χ2v) is 7.79. The Balaban J connectivity index is 1.51. The smallest absolute Gasteiger partial charge is 0.235 e. The predicted molar refractivity (Wildman–Crippen MR) is 95.9 cm³/mol. The number of carbonyl (C=O) groups excluding carboxylic acids is 1. The number of amides is 1. The fourth-order valence-corrected chi connectivity index (χ4v) is 4.50. The second kappa shape index (κ2) is 4.59. The van der Waals surface area contributed by atoms with E-state index >= 15 is 0 Å². The number of fused-ring (bicyclic) bond motifs is 3. The Morgan fingerprint density at radius 2 is 1.96 bits per heavy atom. The van der Waals surface area contributed by atoms with Crippen LogP contribution < -0.4 is 10.2 Å². The van der Waals surface area contributed by atoms with E-state index in [0.29, 0.717) is 0 Å². The minimum atomic E-state index is -0.248. The number of hydrogen-bond donors (Lipinski definition) is 1. The number of hydrogen-bond acceptors (Lipinski definition) is 4. The van der Waals surface area contributed by atoms with E-state index in [4.69, 9.17) is 9.97 Å². The van der Waals surface area contributed by atoms with Crippen molar-refractivity contribution in [2.45, 2.75) is 43.9 Å². The molecule has 0 atom stereocenters. The van der Waals surface area contributed by atoms with Crippen LogP contribution in [0, 0.1) is 0 Å². The van der Waals surface area contributed by atoms with Gasteiger partial charge in [0, 0.05) is 35.6 Å². The summed E-state index contributed by atoms with van der Waals surface area (Å²) in [6.07, 6.45) is 6.44. The molecule has 1 aromatic heterocycles. The molecule has 5 nitrogen and oxygen atoms in total. The molecule has 0 unspecified atom stereocenters. The number of rotatable bonds is 2. The molecule has 0 bridgehead atoms. The van der Waals surface area contributed by atoms with Crippen molar-refractivity contribution < 1.29 is 4.79 Å². The van der Waals surface area contributed by atoms with Crippen LogP contribution >= 0.6 is 0 Å². The summed E-state index contributed by atoms with van der Waals surface area (Å²) in [6.45, 7) is 2.12. The lowest BCUT2D eigenvalue weighted by Crippen LogP contribution is -2.38. The zero-order chi connectivity index (χ0) is 16.6. The first-order valence-corrected chi connectivity index (χ1v) is 9.36. The van der Waals surface area contributed by atoms with E-state index in [2.05, 4.69) is 28.4 Å². The number of anilines is 2. The van der Waals surface area contributed by atoms with Gasteiger partial charge in [-0.25, -0.2) is 9.97 Å². The molecule has 3 heterocycles. The van der Waals surface area contributed by atoms with Crippen LogP contribution in [0.4, 0.5) is 11.6 Å². The van der Waals surface area contributed by atoms with Gasteiger partial charge in [-0.3, -0.25) is 4.79 Å². The van der Waals surface area contributed by atoms with Gasteiger partial charge in [-0.15, -0.1) is 0 Å². The van der Waals surface area contributed by atoms with Crippen molar-refractivity contribution in [1.29, 1.82) is 0 Å². The zero-order valence-electron chi connectivity index (χ0n) is 14.1. The van der Waals surface area contributed by atoms with E-state index in [0.717, 1.165) is 68.1 Å². The monoisotopic (exact) mass is 332 g/mol. The van der Waals surface area contributed by atoms with Gasteiger partial charge in [-0.05, 0) is 56.2 Å². The van der Waals surface area contributed by atoms with Crippen LogP contribution in [0.15, 0.2) is 18.2 Å². The first-order valence-electron chi connectivity index (χ1n) is 9.36. The molecule has 2 aliphatic heterocycles. The van der Waals surface area contributed by atoms with Crippen LogP contribution in [-0.4, -0.2) is 29.0 Å². The molecule has 126 valence electrons. The van der Waals surface area contributed by atoms with Crippen molar-refractivity contribution in [2.24, 2.45) is 0 Å². The number of aromatic nitrogens is 2. The third-order valence-electron chi connectivity index (χ3n) is 6.30. The lowest BCUT2D eigenvalue weighted by atomic mass is 9.94. The molecule has 4 aliphatic rings. The molecule has 2 fully saturated rings. The topological polar surface area (TPSA) is 58.1 Å². The van der Waals surface area contributed by atoms with E-state index in [1.54, 1.807) is 0 Å². The largest absolute Gasteiger partial charge is 0.341 e. The third-order valence-corrected chi connectivity index (χ3v) is 6.30. The van der Waals surface area contributed by atoms with E-state index in [9.17, 15) is 4.79 Å². The quantitative estimate of drug-likeness (QED) is 0.919. The summed E-state index contributed by atoms with van der Waals surface area (Å²) in [7, 11) is 0. The Bertz CT molecular complexity index is 928. The summed E-state index contributed by atoms with van der Waals surface area (Å²) in [4.78, 5) is 24.4. The Labute approximate surface area is 146 Å². The molecule has 1 saturated heterocycles. The molecule has 0 radical (unpaired) electrons. The highest BCUT2D eigenvalue weighted by Crippen LogP contribution is 2.55. The number of carbonyl (C=O) groups is 1. The molecule has 6 rings (SSSR count). The van der Waals surface area contributed by atoms with E-state index < -0.39 is 0 Å². The average molecular weight is 332 g/mol. The van der Waals surface area contributed by atoms with Crippen molar-refractivity contribution in [3.8, 4) is 11.3 Å². The fourth-order valence-electron chi connectivity index (χ4n) is 4.50. The van der Waals surface area contributed by atoms with Gasteiger partial charge in [-0.2, -0.15) is 0 Å². The first kappa shape index (κ1) is 13.8. The van der Waals surface area contributed by atoms with E-state index in [1.807, 2.05) is 0 Å². The molecule has 25 heavy (non-hydrogen) atoms. The van der Waals surface area contributed by atoms with Crippen molar-refractivity contribution in [1.82, 2.24) is 9.97 Å². The molecular weight excluding hydrogens is 312 g/mol. The maximum atomic E-state index is 12.3. The number of benzene rings is 1. The fraction of sp³-hybridized carbons (Fsp3) is 0.450. The molecule has 1 amide bonds. The van der Waals surface area contributed by atoms with E-state index in [-0.39, 0.29) is 11.3 Å². The maximum absolute atomic E-state index is 12.3. The number of nitrogens with zero attached hydrogens (tertiary/aromatic N) is 3. The van der Waals surface area contributed by atoms with Crippen LogP contribution in [0.3, 0.4) is 0 Å². The van der Waals surface area contributed by atoms with Gasteiger partial charge in [0.25, 0.3) is 0 Å². The second-order valence-electron chi connectivity index (χ2n) is 7.79. The molecule has 1 saturated carbocycles. The van der Waals surface area contributed by atoms with Gasteiger partial charge in [-0.1, -0.05) is 6.07 Å². The van der Waals surface area contributed by atoms with Crippen LogP contribution in [0.2, 0.25) is 0 Å². The summed E-state index contributed by atoms with van der Waals surface area (Å²) < 4.78 is 0. The summed E-state index contributed by atoms with van der Waals surface area (Å²) in [6, 6.07) is 6.38. The zero-order valence-corrected chi connectivity index (χ0v) is 14.1. The molecule has 2 aromatic rings. The average Bonchev–Trinajstić information content (AvgIpc) is 3.15. The van der Waals surface area contributed by atoms with E-state index in [1.165, 1.54) is 23.2 Å². The molecule has 5 heteroatoms. The highest BCUT2D eigenvalue weighted by molar-refractivity contribution is 6.08. The van der Waals surface area contributed by atoms with Crippen molar-refractivity contribution >= 4 is 17.5 Å². The highest BCUT2D eigenvalue weighted by Gasteiger charge is 2.56. The minimum absolute atomic E-state index is 0.175. The van der Waals surface area contributed by atoms with Gasteiger partial charge in [0.1, 0.15) is 0 Å². The van der Waals surface area contributed by atoms with Crippen molar-refractivity contribution in [3.63, 3.8) is 0 Å². The summed E-state index contributed by atoms with van der Waals surface area (Å²) in [5, 5.41) is 3.05. The number of aryl methyl sites for hydroxylation is 1. The Hall–Kier alpha value is -2.43. The maximum Gasteiger partial charge on any atom is 0.235 e. The predicted octanol–water partition coefficient (Wildman–Crippen LogP) is 2.83. The summed E-state index contributed by atoms with van der Waals surface area (Å²) in [5.41, 5.74) is 6.67. The lowest BCUT2D eigenvalue weighted by Gasteiger charge is -2.31. The van der Waals surface area contributed by atoms with Crippen molar-refractivity contribution in [2.75, 3.05) is 23.3 Å². The SMILES string of the molecule is O=C1Nc2ccc(-c3nc(N4CCC4)nc4c3CCC4)cc2C12CC2. The van der Waals surface area contributed by atoms with Crippen LogP contribution in [0.25, 0.3) is 11.3 Å². The van der Waals surface area contributed by atoms with Crippen LogP contribution in [-0.2, 0) is 23.1 Å². The van der Waals surface area contributed by atoms with Gasteiger partial charge in [0.05, 0.1) is 11.1 Å². The molecule has 1 aromatic carbocycles. The molecular formula is C20H20N4O. The highest BCUT2D eigenvalue weighted by atomic mass is 16.2. The van der Waals surface area contributed by atoms with Gasteiger partial charge < -0.3 is 10.2 Å². The number of nitrogens with one attached hydrogen (secondary N) is 1.